The molecule has 0 radical (unpaired) electrons. The SMILES string of the molecule is COC(=O)c1cc(NCC2(c3ccccc3)CC2)ccc1[N+](=O)[O-]. The van der Waals surface area contributed by atoms with Crippen molar-refractivity contribution in [1.82, 2.24) is 0 Å². The molecule has 3 rings (SSSR count). The van der Waals surface area contributed by atoms with Crippen molar-refractivity contribution in [3.05, 3.63) is 69.8 Å². The molecule has 2 aromatic rings. The average Bonchev–Trinajstić information content (AvgIpc) is 3.41. The summed E-state index contributed by atoms with van der Waals surface area (Å²) in [5, 5.41) is 14.3. The van der Waals surface area contributed by atoms with E-state index in [1.807, 2.05) is 18.2 Å². The van der Waals surface area contributed by atoms with Crippen molar-refractivity contribution in [2.45, 2.75) is 18.3 Å². The Morgan fingerprint density at radius 2 is 1.96 bits per heavy atom. The van der Waals surface area contributed by atoms with Crippen LogP contribution in [0.25, 0.3) is 0 Å². The molecule has 0 spiro atoms. The number of methoxy groups -OCH3 is 1. The molecule has 2 aromatic carbocycles. The van der Waals surface area contributed by atoms with Crippen molar-refractivity contribution in [2.75, 3.05) is 19.0 Å². The molecule has 0 amide bonds. The molecule has 0 heterocycles. The molecule has 0 bridgehead atoms. The highest BCUT2D eigenvalue weighted by Crippen LogP contribution is 2.48. The highest BCUT2D eigenvalue weighted by atomic mass is 16.6. The van der Waals surface area contributed by atoms with Crippen LogP contribution in [-0.4, -0.2) is 24.5 Å². The maximum absolute atomic E-state index is 11.8. The van der Waals surface area contributed by atoms with Crippen LogP contribution in [0.1, 0.15) is 28.8 Å². The number of hydrogen-bond donors (Lipinski definition) is 1. The quantitative estimate of drug-likeness (QED) is 0.499. The lowest BCUT2D eigenvalue weighted by Gasteiger charge is -2.17. The smallest absolute Gasteiger partial charge is 0.344 e. The van der Waals surface area contributed by atoms with Crippen molar-refractivity contribution in [2.24, 2.45) is 0 Å². The molecule has 6 heteroatoms. The summed E-state index contributed by atoms with van der Waals surface area (Å²) in [6.07, 6.45) is 2.20. The molecule has 1 aliphatic rings. The van der Waals surface area contributed by atoms with Crippen molar-refractivity contribution in [3.8, 4) is 0 Å². The predicted octanol–water partition coefficient (Wildman–Crippen LogP) is 3.53. The fraction of sp³-hybridized carbons (Fsp3) is 0.278. The number of ether oxygens (including phenoxy) is 1. The predicted molar refractivity (Wildman–Crippen MR) is 90.3 cm³/mol. The first-order valence-electron chi connectivity index (χ1n) is 7.72. The summed E-state index contributed by atoms with van der Waals surface area (Å²) in [6, 6.07) is 14.7. The van der Waals surface area contributed by atoms with E-state index in [-0.39, 0.29) is 16.7 Å². The number of benzene rings is 2. The number of hydrogen-bond acceptors (Lipinski definition) is 5. The maximum Gasteiger partial charge on any atom is 0.344 e. The zero-order chi connectivity index (χ0) is 17.2. The minimum atomic E-state index is -0.713. The Morgan fingerprint density at radius 3 is 2.54 bits per heavy atom. The lowest BCUT2D eigenvalue weighted by molar-refractivity contribution is -0.385. The second kappa shape index (κ2) is 6.31. The molecular weight excluding hydrogens is 308 g/mol. The molecule has 124 valence electrons. The molecule has 24 heavy (non-hydrogen) atoms. The highest BCUT2D eigenvalue weighted by Gasteiger charge is 2.43. The van der Waals surface area contributed by atoms with Crippen LogP contribution >= 0.6 is 0 Å². The number of nitrogens with zero attached hydrogens (tertiary/aromatic N) is 1. The summed E-state index contributed by atoms with van der Waals surface area (Å²) in [4.78, 5) is 22.2. The number of nitrogens with one attached hydrogen (secondary N) is 1. The number of nitro groups is 1. The summed E-state index contributed by atoms with van der Waals surface area (Å²) >= 11 is 0. The number of nitro benzene ring substituents is 1. The highest BCUT2D eigenvalue weighted by molar-refractivity contribution is 5.95. The monoisotopic (exact) mass is 326 g/mol. The standard InChI is InChI=1S/C18H18N2O4/c1-24-17(21)15-11-14(7-8-16(15)20(22)23)19-12-18(9-10-18)13-5-3-2-4-6-13/h2-8,11,19H,9-10,12H2,1H3. The van der Waals surface area contributed by atoms with Crippen LogP contribution in [0.2, 0.25) is 0 Å². The van der Waals surface area contributed by atoms with Crippen LogP contribution in [0, 0.1) is 10.1 Å². The molecular formula is C18H18N2O4. The Hall–Kier alpha value is -2.89. The van der Waals surface area contributed by atoms with E-state index >= 15 is 0 Å². The van der Waals surface area contributed by atoms with Gasteiger partial charge >= 0.3 is 5.97 Å². The minimum Gasteiger partial charge on any atom is -0.465 e. The summed E-state index contributed by atoms with van der Waals surface area (Å²) in [5.41, 5.74) is 1.76. The van der Waals surface area contributed by atoms with Gasteiger partial charge in [-0.3, -0.25) is 10.1 Å². The van der Waals surface area contributed by atoms with E-state index in [1.54, 1.807) is 6.07 Å². The fourth-order valence-corrected chi connectivity index (χ4v) is 2.86. The van der Waals surface area contributed by atoms with Crippen LogP contribution in [0.5, 0.6) is 0 Å². The summed E-state index contributed by atoms with van der Waals surface area (Å²) in [6.45, 7) is 0.718. The second-order valence-corrected chi connectivity index (χ2v) is 5.98. The van der Waals surface area contributed by atoms with Crippen molar-refractivity contribution < 1.29 is 14.5 Å². The van der Waals surface area contributed by atoms with Gasteiger partial charge in [0.25, 0.3) is 5.69 Å². The van der Waals surface area contributed by atoms with E-state index in [0.717, 1.165) is 19.4 Å². The van der Waals surface area contributed by atoms with Gasteiger partial charge in [0.05, 0.1) is 12.0 Å². The second-order valence-electron chi connectivity index (χ2n) is 5.98. The third-order valence-corrected chi connectivity index (χ3v) is 4.47. The maximum atomic E-state index is 11.8. The summed E-state index contributed by atoms with van der Waals surface area (Å²) in [5.74, 6) is -0.713. The van der Waals surface area contributed by atoms with Gasteiger partial charge in [-0.25, -0.2) is 4.79 Å². The number of carbonyl (C=O) groups excluding carboxylic acids is 1. The first-order valence-corrected chi connectivity index (χ1v) is 7.72. The van der Waals surface area contributed by atoms with Crippen LogP contribution in [0.3, 0.4) is 0 Å². The molecule has 1 saturated carbocycles. The van der Waals surface area contributed by atoms with Crippen molar-refractivity contribution in [1.29, 1.82) is 0 Å². The van der Waals surface area contributed by atoms with Gasteiger partial charge in [0.15, 0.2) is 0 Å². The van der Waals surface area contributed by atoms with E-state index in [2.05, 4.69) is 22.2 Å². The third kappa shape index (κ3) is 3.08. The van der Waals surface area contributed by atoms with Crippen LogP contribution in [0.4, 0.5) is 11.4 Å². The van der Waals surface area contributed by atoms with Gasteiger partial charge < -0.3 is 10.1 Å². The number of esters is 1. The molecule has 1 fully saturated rings. The number of anilines is 1. The van der Waals surface area contributed by atoms with Gasteiger partial charge in [-0.1, -0.05) is 30.3 Å². The molecule has 6 nitrogen and oxygen atoms in total. The topological polar surface area (TPSA) is 81.5 Å². The minimum absolute atomic E-state index is 0.0444. The zero-order valence-electron chi connectivity index (χ0n) is 13.3. The van der Waals surface area contributed by atoms with E-state index in [9.17, 15) is 14.9 Å². The first kappa shape index (κ1) is 16.0. The number of rotatable bonds is 6. The molecule has 1 aliphatic carbocycles. The Labute approximate surface area is 139 Å². The van der Waals surface area contributed by atoms with E-state index in [0.29, 0.717) is 5.69 Å². The van der Waals surface area contributed by atoms with Gasteiger partial charge in [0.2, 0.25) is 0 Å². The Balaban J connectivity index is 1.79. The number of carbonyl (C=O) groups is 1. The first-order chi connectivity index (χ1) is 11.6. The lowest BCUT2D eigenvalue weighted by atomic mass is 9.96. The normalized spacial score (nSPS) is 14.7. The van der Waals surface area contributed by atoms with Gasteiger partial charge in [-0.05, 0) is 30.5 Å². The average molecular weight is 326 g/mol. The lowest BCUT2D eigenvalue weighted by Crippen LogP contribution is -2.19. The Bertz CT molecular complexity index is 770. The van der Waals surface area contributed by atoms with Gasteiger partial charge in [-0.15, -0.1) is 0 Å². The van der Waals surface area contributed by atoms with Crippen LogP contribution in [-0.2, 0) is 10.2 Å². The fourth-order valence-electron chi connectivity index (χ4n) is 2.86. The van der Waals surface area contributed by atoms with Gasteiger partial charge in [0, 0.05) is 23.7 Å². The van der Waals surface area contributed by atoms with Crippen LogP contribution in [0.15, 0.2) is 48.5 Å². The Kier molecular flexibility index (Phi) is 4.20. The van der Waals surface area contributed by atoms with Crippen molar-refractivity contribution >= 4 is 17.3 Å². The van der Waals surface area contributed by atoms with Gasteiger partial charge in [-0.2, -0.15) is 0 Å². The molecule has 0 unspecified atom stereocenters. The Morgan fingerprint density at radius 1 is 1.25 bits per heavy atom. The summed E-state index contributed by atoms with van der Waals surface area (Å²) in [7, 11) is 1.21. The zero-order valence-corrected chi connectivity index (χ0v) is 13.3. The summed E-state index contributed by atoms with van der Waals surface area (Å²) < 4.78 is 4.64. The molecule has 0 saturated heterocycles. The van der Waals surface area contributed by atoms with E-state index in [1.165, 1.54) is 24.8 Å². The third-order valence-electron chi connectivity index (χ3n) is 4.47. The molecule has 0 atom stereocenters. The van der Waals surface area contributed by atoms with Crippen LogP contribution < -0.4 is 5.32 Å². The van der Waals surface area contributed by atoms with E-state index in [4.69, 9.17) is 0 Å². The van der Waals surface area contributed by atoms with Gasteiger partial charge in [0.1, 0.15) is 5.56 Å². The molecule has 1 N–H and O–H groups in total. The molecule has 0 aliphatic heterocycles. The van der Waals surface area contributed by atoms with Crippen molar-refractivity contribution in [3.63, 3.8) is 0 Å². The molecule has 0 aromatic heterocycles. The van der Waals surface area contributed by atoms with E-state index < -0.39 is 10.9 Å². The largest absolute Gasteiger partial charge is 0.465 e.